The fourth-order valence-corrected chi connectivity index (χ4v) is 2.09. The lowest BCUT2D eigenvalue weighted by Gasteiger charge is -2.23. The molecule has 0 unspecified atom stereocenters. The summed E-state index contributed by atoms with van der Waals surface area (Å²) in [7, 11) is 0. The molecule has 0 aromatic heterocycles. The highest BCUT2D eigenvalue weighted by Crippen LogP contribution is 2.13. The van der Waals surface area contributed by atoms with Crippen LogP contribution in [0.4, 0.5) is 8.78 Å². The summed E-state index contributed by atoms with van der Waals surface area (Å²) >= 11 is 0. The second kappa shape index (κ2) is 9.26. The Morgan fingerprint density at radius 3 is 2.31 bits per heavy atom. The second-order valence-corrected chi connectivity index (χ2v) is 6.96. The van der Waals surface area contributed by atoms with E-state index in [0.717, 1.165) is 12.1 Å². The molecule has 1 rings (SSSR count). The summed E-state index contributed by atoms with van der Waals surface area (Å²) in [6, 6.07) is 3.26. The molecule has 0 aliphatic heterocycles. The number of halogens is 2. The molecular formula is C18H24F2N2O4. The molecule has 0 saturated heterocycles. The van der Waals surface area contributed by atoms with Gasteiger partial charge in [0.15, 0.2) is 11.6 Å². The summed E-state index contributed by atoms with van der Waals surface area (Å²) < 4.78 is 26.3. The molecule has 1 aromatic rings. The average Bonchev–Trinajstić information content (AvgIpc) is 2.53. The van der Waals surface area contributed by atoms with Gasteiger partial charge in [-0.1, -0.05) is 26.8 Å². The van der Waals surface area contributed by atoms with Gasteiger partial charge in [0.2, 0.25) is 11.8 Å². The summed E-state index contributed by atoms with van der Waals surface area (Å²) in [6.07, 6.45) is -0.297. The van der Waals surface area contributed by atoms with Crippen LogP contribution < -0.4 is 5.32 Å². The van der Waals surface area contributed by atoms with Gasteiger partial charge in [-0.05, 0) is 17.7 Å². The third kappa shape index (κ3) is 7.16. The van der Waals surface area contributed by atoms with Crippen molar-refractivity contribution in [2.24, 2.45) is 5.41 Å². The number of hydrogen-bond donors (Lipinski definition) is 2. The lowest BCUT2D eigenvalue weighted by molar-refractivity contribution is -0.138. The van der Waals surface area contributed by atoms with Crippen molar-refractivity contribution in [1.29, 1.82) is 0 Å². The van der Waals surface area contributed by atoms with E-state index < -0.39 is 23.0 Å². The molecule has 0 saturated carbocycles. The lowest BCUT2D eigenvalue weighted by Crippen LogP contribution is -2.39. The minimum Gasteiger partial charge on any atom is -0.481 e. The maximum atomic E-state index is 13.3. The largest absolute Gasteiger partial charge is 0.481 e. The van der Waals surface area contributed by atoms with Gasteiger partial charge in [-0.15, -0.1) is 0 Å². The van der Waals surface area contributed by atoms with Crippen LogP contribution in [0.3, 0.4) is 0 Å². The van der Waals surface area contributed by atoms with E-state index in [9.17, 15) is 23.2 Å². The van der Waals surface area contributed by atoms with Gasteiger partial charge < -0.3 is 15.3 Å². The fraction of sp³-hybridized carbons (Fsp3) is 0.500. The monoisotopic (exact) mass is 370 g/mol. The molecule has 26 heavy (non-hydrogen) atoms. The number of amides is 2. The number of carboxylic acids is 1. The zero-order valence-corrected chi connectivity index (χ0v) is 15.1. The van der Waals surface area contributed by atoms with Crippen molar-refractivity contribution in [2.45, 2.75) is 40.2 Å². The normalized spacial score (nSPS) is 11.1. The summed E-state index contributed by atoms with van der Waals surface area (Å²) in [4.78, 5) is 36.2. The topological polar surface area (TPSA) is 86.7 Å². The predicted octanol–water partition coefficient (Wildman–Crippen LogP) is 2.32. The van der Waals surface area contributed by atoms with Gasteiger partial charge >= 0.3 is 5.97 Å². The third-order valence-corrected chi connectivity index (χ3v) is 3.61. The second-order valence-electron chi connectivity index (χ2n) is 6.96. The predicted molar refractivity (Wildman–Crippen MR) is 91.1 cm³/mol. The molecule has 0 heterocycles. The molecule has 2 N–H and O–H groups in total. The van der Waals surface area contributed by atoms with Crippen molar-refractivity contribution in [3.8, 4) is 0 Å². The Morgan fingerprint density at radius 1 is 1.12 bits per heavy atom. The van der Waals surface area contributed by atoms with Gasteiger partial charge in [0.05, 0.1) is 6.42 Å². The number of nitrogens with zero attached hydrogens (tertiary/aromatic N) is 1. The van der Waals surface area contributed by atoms with Crippen LogP contribution in [0.15, 0.2) is 18.2 Å². The van der Waals surface area contributed by atoms with Crippen LogP contribution in [-0.2, 0) is 20.9 Å². The first-order chi connectivity index (χ1) is 12.0. The first kappa shape index (κ1) is 21.5. The zero-order chi connectivity index (χ0) is 19.9. The zero-order valence-electron chi connectivity index (χ0n) is 15.1. The van der Waals surface area contributed by atoms with Gasteiger partial charge in [-0.2, -0.15) is 0 Å². The maximum absolute atomic E-state index is 13.3. The minimum atomic E-state index is -1.07. The van der Waals surface area contributed by atoms with Crippen LogP contribution in [0.25, 0.3) is 0 Å². The SMILES string of the molecule is CC(C)(C)C(=O)NCCC(=O)N(CCC(=O)O)Cc1ccc(F)c(F)c1. The molecule has 0 atom stereocenters. The van der Waals surface area contributed by atoms with E-state index in [1.54, 1.807) is 20.8 Å². The molecule has 2 amide bonds. The molecular weight excluding hydrogens is 346 g/mol. The Kier molecular flexibility index (Phi) is 7.67. The molecule has 0 aliphatic rings. The van der Waals surface area contributed by atoms with E-state index in [2.05, 4.69) is 5.32 Å². The van der Waals surface area contributed by atoms with E-state index in [4.69, 9.17) is 5.11 Å². The van der Waals surface area contributed by atoms with Crippen LogP contribution in [0.1, 0.15) is 39.2 Å². The average molecular weight is 370 g/mol. The Morgan fingerprint density at radius 2 is 1.77 bits per heavy atom. The van der Waals surface area contributed by atoms with Crippen molar-refractivity contribution in [3.63, 3.8) is 0 Å². The van der Waals surface area contributed by atoms with Crippen LogP contribution in [0, 0.1) is 17.0 Å². The Bertz CT molecular complexity index is 672. The number of hydrogen-bond acceptors (Lipinski definition) is 3. The summed E-state index contributed by atoms with van der Waals surface area (Å²) in [5.74, 6) is -3.70. The van der Waals surface area contributed by atoms with E-state index in [0.29, 0.717) is 5.56 Å². The Labute approximate surface area is 151 Å². The van der Waals surface area contributed by atoms with Gasteiger partial charge in [-0.25, -0.2) is 8.78 Å². The van der Waals surface area contributed by atoms with E-state index >= 15 is 0 Å². The van der Waals surface area contributed by atoms with Crippen molar-refractivity contribution in [2.75, 3.05) is 13.1 Å². The quantitative estimate of drug-likeness (QED) is 0.735. The first-order valence-corrected chi connectivity index (χ1v) is 8.22. The van der Waals surface area contributed by atoms with Crippen molar-refractivity contribution in [1.82, 2.24) is 10.2 Å². The molecule has 0 fully saturated rings. The lowest BCUT2D eigenvalue weighted by atomic mass is 9.96. The fourth-order valence-electron chi connectivity index (χ4n) is 2.09. The van der Waals surface area contributed by atoms with Crippen LogP contribution in [-0.4, -0.2) is 40.9 Å². The standard InChI is InChI=1S/C18H24F2N2O4/c1-18(2,3)17(26)21-8-6-15(23)22(9-7-16(24)25)11-12-4-5-13(19)14(20)10-12/h4-5,10H,6-9,11H2,1-3H3,(H,21,26)(H,24,25). The van der Waals surface area contributed by atoms with Gasteiger partial charge in [0.25, 0.3) is 0 Å². The maximum Gasteiger partial charge on any atom is 0.305 e. The highest BCUT2D eigenvalue weighted by molar-refractivity contribution is 5.82. The molecule has 0 radical (unpaired) electrons. The van der Waals surface area contributed by atoms with Crippen LogP contribution in [0.5, 0.6) is 0 Å². The molecule has 144 valence electrons. The third-order valence-electron chi connectivity index (χ3n) is 3.61. The number of aliphatic carboxylic acids is 1. The molecule has 6 nitrogen and oxygen atoms in total. The molecule has 0 aliphatic carbocycles. The molecule has 1 aromatic carbocycles. The van der Waals surface area contributed by atoms with Crippen LogP contribution >= 0.6 is 0 Å². The number of carbonyl (C=O) groups is 3. The van der Waals surface area contributed by atoms with Gasteiger partial charge in [-0.3, -0.25) is 14.4 Å². The van der Waals surface area contributed by atoms with E-state index in [1.807, 2.05) is 0 Å². The van der Waals surface area contributed by atoms with Crippen molar-refractivity contribution < 1.29 is 28.3 Å². The van der Waals surface area contributed by atoms with Gasteiger partial charge in [0.1, 0.15) is 0 Å². The molecule has 0 bridgehead atoms. The number of carboxylic acid groups (broad SMARTS) is 1. The number of benzene rings is 1. The number of rotatable bonds is 8. The van der Waals surface area contributed by atoms with Gasteiger partial charge in [0, 0.05) is 31.5 Å². The van der Waals surface area contributed by atoms with E-state index in [-0.39, 0.29) is 44.3 Å². The van der Waals surface area contributed by atoms with Crippen molar-refractivity contribution in [3.05, 3.63) is 35.4 Å². The van der Waals surface area contributed by atoms with Crippen molar-refractivity contribution >= 4 is 17.8 Å². The smallest absolute Gasteiger partial charge is 0.305 e. The molecule has 8 heteroatoms. The summed E-state index contributed by atoms with van der Waals surface area (Å²) in [5.41, 5.74) is -0.237. The Hall–Kier alpha value is -2.51. The highest BCUT2D eigenvalue weighted by Gasteiger charge is 2.21. The Balaban J connectivity index is 2.71. The number of nitrogens with one attached hydrogen (secondary N) is 1. The summed E-state index contributed by atoms with van der Waals surface area (Å²) in [5, 5.41) is 11.5. The van der Waals surface area contributed by atoms with E-state index in [1.165, 1.54) is 11.0 Å². The van der Waals surface area contributed by atoms with Crippen LogP contribution in [0.2, 0.25) is 0 Å². The minimum absolute atomic E-state index is 0.0227. The molecule has 0 spiro atoms. The number of carbonyl (C=O) groups excluding carboxylic acids is 2. The highest BCUT2D eigenvalue weighted by atomic mass is 19.2. The summed E-state index contributed by atoms with van der Waals surface area (Å²) in [6.45, 7) is 5.22. The first-order valence-electron chi connectivity index (χ1n) is 8.22.